The summed E-state index contributed by atoms with van der Waals surface area (Å²) in [5.41, 5.74) is -0.245. The van der Waals surface area contributed by atoms with Crippen molar-refractivity contribution in [2.24, 2.45) is 5.92 Å². The number of benzene rings is 1. The maximum absolute atomic E-state index is 13.3. The molecule has 1 aromatic carbocycles. The second kappa shape index (κ2) is 6.14. The van der Waals surface area contributed by atoms with E-state index in [1.54, 1.807) is 0 Å². The molecule has 0 bridgehead atoms. The molecule has 0 aliphatic carbocycles. The van der Waals surface area contributed by atoms with Crippen LogP contribution >= 0.6 is 27.7 Å². The standard InChI is InChI=1S/C10H9BrFNO4S/c1-5(10(14)15)4-18-9-3-7(12)6(11)2-8(9)13(16)17/h2-3,5H,4H2,1H3,(H,14,15). The van der Waals surface area contributed by atoms with Crippen LogP contribution in [0.25, 0.3) is 0 Å². The summed E-state index contributed by atoms with van der Waals surface area (Å²) in [6, 6.07) is 2.10. The quantitative estimate of drug-likeness (QED) is 0.506. The Balaban J connectivity index is 2.97. The molecule has 0 saturated carbocycles. The zero-order valence-electron chi connectivity index (χ0n) is 9.22. The van der Waals surface area contributed by atoms with Crippen molar-refractivity contribution >= 4 is 39.3 Å². The van der Waals surface area contributed by atoms with Crippen LogP contribution in [0.3, 0.4) is 0 Å². The lowest BCUT2D eigenvalue weighted by Gasteiger charge is -2.07. The lowest BCUT2D eigenvalue weighted by molar-refractivity contribution is -0.387. The van der Waals surface area contributed by atoms with E-state index in [1.807, 2.05) is 0 Å². The van der Waals surface area contributed by atoms with Gasteiger partial charge in [-0.15, -0.1) is 11.8 Å². The average Bonchev–Trinajstić information content (AvgIpc) is 2.29. The first kappa shape index (κ1) is 14.9. The summed E-state index contributed by atoms with van der Waals surface area (Å²) in [6.07, 6.45) is 0. The van der Waals surface area contributed by atoms with E-state index >= 15 is 0 Å². The summed E-state index contributed by atoms with van der Waals surface area (Å²) < 4.78 is 13.3. The Kier molecular flexibility index (Phi) is 5.09. The van der Waals surface area contributed by atoms with Gasteiger partial charge in [-0.2, -0.15) is 0 Å². The van der Waals surface area contributed by atoms with Crippen molar-refractivity contribution < 1.29 is 19.2 Å². The maximum Gasteiger partial charge on any atom is 0.307 e. The van der Waals surface area contributed by atoms with Gasteiger partial charge >= 0.3 is 5.97 Å². The Morgan fingerprint density at radius 3 is 2.78 bits per heavy atom. The molecule has 1 aromatic rings. The summed E-state index contributed by atoms with van der Waals surface area (Å²) in [5, 5.41) is 19.5. The highest BCUT2D eigenvalue weighted by Gasteiger charge is 2.20. The number of hydrogen-bond donors (Lipinski definition) is 1. The van der Waals surface area contributed by atoms with Crippen LogP contribution in [0.4, 0.5) is 10.1 Å². The predicted molar refractivity (Wildman–Crippen MR) is 68.3 cm³/mol. The molecule has 1 rings (SSSR count). The van der Waals surface area contributed by atoms with Gasteiger partial charge < -0.3 is 5.11 Å². The van der Waals surface area contributed by atoms with E-state index in [9.17, 15) is 19.3 Å². The fraction of sp³-hybridized carbons (Fsp3) is 0.300. The van der Waals surface area contributed by atoms with Crippen molar-refractivity contribution in [2.75, 3.05) is 5.75 Å². The molecule has 0 heterocycles. The number of nitro benzene ring substituents is 1. The summed E-state index contributed by atoms with van der Waals surface area (Å²) in [7, 11) is 0. The van der Waals surface area contributed by atoms with Crippen LogP contribution in [0.2, 0.25) is 0 Å². The molecule has 8 heteroatoms. The van der Waals surface area contributed by atoms with Crippen LogP contribution in [0.5, 0.6) is 0 Å². The Hall–Kier alpha value is -1.15. The van der Waals surface area contributed by atoms with Gasteiger partial charge in [-0.1, -0.05) is 6.92 Å². The molecular weight excluding hydrogens is 329 g/mol. The lowest BCUT2D eigenvalue weighted by atomic mass is 10.2. The van der Waals surface area contributed by atoms with Gasteiger partial charge in [0.15, 0.2) is 0 Å². The van der Waals surface area contributed by atoms with Crippen LogP contribution in [0, 0.1) is 21.8 Å². The molecule has 0 spiro atoms. The van der Waals surface area contributed by atoms with Gasteiger partial charge in [-0.3, -0.25) is 14.9 Å². The molecule has 18 heavy (non-hydrogen) atoms. The highest BCUT2D eigenvalue weighted by molar-refractivity contribution is 9.10. The first-order valence-corrected chi connectivity index (χ1v) is 6.59. The topological polar surface area (TPSA) is 80.4 Å². The molecule has 0 aliphatic rings. The highest BCUT2D eigenvalue weighted by Crippen LogP contribution is 2.34. The monoisotopic (exact) mass is 337 g/mol. The van der Waals surface area contributed by atoms with Crippen LogP contribution in [-0.4, -0.2) is 21.8 Å². The number of hydrogen-bond acceptors (Lipinski definition) is 4. The minimum atomic E-state index is -0.997. The highest BCUT2D eigenvalue weighted by atomic mass is 79.9. The minimum absolute atomic E-state index is 0.00448. The SMILES string of the molecule is CC(CSc1cc(F)c(Br)cc1[N+](=O)[O-])C(=O)O. The zero-order chi connectivity index (χ0) is 13.9. The van der Waals surface area contributed by atoms with Crippen molar-refractivity contribution in [1.82, 2.24) is 0 Å². The summed E-state index contributed by atoms with van der Waals surface area (Å²) in [6.45, 7) is 1.48. The molecule has 98 valence electrons. The second-order valence-corrected chi connectivity index (χ2v) is 5.46. The molecule has 0 aliphatic heterocycles. The van der Waals surface area contributed by atoms with Gasteiger partial charge in [0, 0.05) is 11.8 Å². The summed E-state index contributed by atoms with van der Waals surface area (Å²) in [4.78, 5) is 20.9. The zero-order valence-corrected chi connectivity index (χ0v) is 11.6. The van der Waals surface area contributed by atoms with Gasteiger partial charge in [0.1, 0.15) is 5.82 Å². The molecule has 5 nitrogen and oxygen atoms in total. The lowest BCUT2D eigenvalue weighted by Crippen LogP contribution is -2.11. The van der Waals surface area contributed by atoms with E-state index in [-0.39, 0.29) is 20.8 Å². The number of rotatable bonds is 5. The predicted octanol–water partition coefficient (Wildman–Crippen LogP) is 3.31. The van der Waals surface area contributed by atoms with Crippen molar-refractivity contribution in [1.29, 1.82) is 0 Å². The van der Waals surface area contributed by atoms with Gasteiger partial charge in [0.25, 0.3) is 5.69 Å². The van der Waals surface area contributed by atoms with E-state index in [1.165, 1.54) is 6.92 Å². The Morgan fingerprint density at radius 2 is 2.28 bits per heavy atom. The summed E-state index contributed by atoms with van der Waals surface area (Å²) in [5.74, 6) is -2.15. The third-order valence-corrected chi connectivity index (χ3v) is 4.02. The normalized spacial score (nSPS) is 12.2. The van der Waals surface area contributed by atoms with Crippen molar-refractivity contribution in [3.8, 4) is 0 Å². The third-order valence-electron chi connectivity index (χ3n) is 2.11. The molecule has 1 unspecified atom stereocenters. The maximum atomic E-state index is 13.3. The van der Waals surface area contributed by atoms with Crippen LogP contribution in [-0.2, 0) is 4.79 Å². The van der Waals surface area contributed by atoms with Crippen molar-refractivity contribution in [3.63, 3.8) is 0 Å². The van der Waals surface area contributed by atoms with E-state index in [0.29, 0.717) is 0 Å². The van der Waals surface area contributed by atoms with Crippen molar-refractivity contribution in [2.45, 2.75) is 11.8 Å². The first-order valence-electron chi connectivity index (χ1n) is 4.82. The van der Waals surface area contributed by atoms with Crippen LogP contribution in [0.15, 0.2) is 21.5 Å². The molecule has 0 saturated heterocycles. The number of aliphatic carboxylic acids is 1. The summed E-state index contributed by atoms with van der Waals surface area (Å²) >= 11 is 3.82. The Bertz CT molecular complexity index is 497. The molecule has 0 radical (unpaired) electrons. The fourth-order valence-corrected chi connectivity index (χ4v) is 2.43. The number of nitro groups is 1. The number of thioether (sulfide) groups is 1. The molecular formula is C10H9BrFNO4S. The fourth-order valence-electron chi connectivity index (χ4n) is 1.06. The number of nitrogens with zero attached hydrogens (tertiary/aromatic N) is 1. The number of carbonyl (C=O) groups is 1. The second-order valence-electron chi connectivity index (χ2n) is 3.54. The smallest absolute Gasteiger partial charge is 0.307 e. The molecule has 1 N–H and O–H groups in total. The molecule has 0 amide bonds. The number of carboxylic acids is 1. The van der Waals surface area contributed by atoms with E-state index in [0.717, 1.165) is 23.9 Å². The van der Waals surface area contributed by atoms with Crippen LogP contribution in [0.1, 0.15) is 6.92 Å². The van der Waals surface area contributed by atoms with Gasteiger partial charge in [-0.05, 0) is 22.0 Å². The largest absolute Gasteiger partial charge is 0.481 e. The molecule has 0 aromatic heterocycles. The first-order chi connectivity index (χ1) is 8.32. The number of halogens is 2. The Labute approximate surface area is 115 Å². The number of carboxylic acid groups (broad SMARTS) is 1. The van der Waals surface area contributed by atoms with Gasteiger partial charge in [0.05, 0.1) is 20.2 Å². The van der Waals surface area contributed by atoms with Gasteiger partial charge in [0.2, 0.25) is 0 Å². The van der Waals surface area contributed by atoms with Crippen molar-refractivity contribution in [3.05, 3.63) is 32.5 Å². The van der Waals surface area contributed by atoms with Crippen LogP contribution < -0.4 is 0 Å². The Morgan fingerprint density at radius 1 is 1.67 bits per heavy atom. The molecule has 0 fully saturated rings. The van der Waals surface area contributed by atoms with E-state index in [2.05, 4.69) is 15.9 Å². The average molecular weight is 338 g/mol. The third kappa shape index (κ3) is 3.67. The van der Waals surface area contributed by atoms with E-state index in [4.69, 9.17) is 5.11 Å². The molecule has 1 atom stereocenters. The minimum Gasteiger partial charge on any atom is -0.481 e. The van der Waals surface area contributed by atoms with Gasteiger partial charge in [-0.25, -0.2) is 4.39 Å². The van der Waals surface area contributed by atoms with E-state index < -0.39 is 22.6 Å².